The smallest absolute Gasteiger partial charge is 0.246 e. The molecule has 3 aromatic carbocycles. The van der Waals surface area contributed by atoms with E-state index in [-0.39, 0.29) is 18.3 Å². The molecule has 0 aliphatic rings. The van der Waals surface area contributed by atoms with Gasteiger partial charge in [0.05, 0.1) is 18.3 Å². The Kier molecular flexibility index (Phi) is 8.74. The van der Waals surface area contributed by atoms with E-state index in [9.17, 15) is 9.18 Å². The van der Waals surface area contributed by atoms with Gasteiger partial charge in [0.25, 0.3) is 0 Å². The second-order valence-corrected chi connectivity index (χ2v) is 9.67. The zero-order valence-electron chi connectivity index (χ0n) is 19.9. The number of halogens is 2. The fourth-order valence-corrected chi connectivity index (χ4v) is 4.69. The topological polar surface area (TPSA) is 69.0 Å². The van der Waals surface area contributed by atoms with E-state index in [1.54, 1.807) is 12.1 Å². The molecule has 0 radical (unpaired) electrons. The minimum Gasteiger partial charge on any atom is -0.367 e. The number of rotatable bonds is 10. The number of benzene rings is 3. The second kappa shape index (κ2) is 12.2. The Morgan fingerprint density at radius 1 is 1.08 bits per heavy atom. The van der Waals surface area contributed by atoms with Crippen molar-refractivity contribution < 1.29 is 13.9 Å². The first-order valence-electron chi connectivity index (χ1n) is 11.4. The normalized spacial score (nSPS) is 11.9. The van der Waals surface area contributed by atoms with Crippen LogP contribution in [-0.2, 0) is 21.9 Å². The van der Waals surface area contributed by atoms with Gasteiger partial charge in [-0.15, -0.1) is 10.2 Å². The number of aromatic nitrogens is 3. The monoisotopic (exact) mass is 524 g/mol. The van der Waals surface area contributed by atoms with Gasteiger partial charge in [0, 0.05) is 10.8 Å². The summed E-state index contributed by atoms with van der Waals surface area (Å²) in [6, 6.07) is 21.2. The largest absolute Gasteiger partial charge is 0.367 e. The molecule has 0 aliphatic heterocycles. The lowest BCUT2D eigenvalue weighted by atomic mass is 10.2. The van der Waals surface area contributed by atoms with Crippen LogP contribution < -0.4 is 5.32 Å². The molecule has 0 saturated carbocycles. The molecule has 0 aliphatic carbocycles. The van der Waals surface area contributed by atoms with Crippen molar-refractivity contribution in [2.75, 3.05) is 6.61 Å². The summed E-state index contributed by atoms with van der Waals surface area (Å²) in [6.45, 7) is 4.11. The third-order valence-electron chi connectivity index (χ3n) is 5.46. The fourth-order valence-electron chi connectivity index (χ4n) is 3.62. The first kappa shape index (κ1) is 25.9. The van der Waals surface area contributed by atoms with Crippen LogP contribution in [0.3, 0.4) is 0 Å². The van der Waals surface area contributed by atoms with Crippen LogP contribution in [0.25, 0.3) is 5.69 Å². The molecular weight excluding hydrogens is 499 g/mol. The van der Waals surface area contributed by atoms with Crippen LogP contribution in [0.15, 0.2) is 78.0 Å². The van der Waals surface area contributed by atoms with Crippen molar-refractivity contribution >= 4 is 29.3 Å². The van der Waals surface area contributed by atoms with Crippen LogP contribution in [-0.4, -0.2) is 27.3 Å². The third-order valence-corrected chi connectivity index (χ3v) is 6.70. The number of nitrogens with zero attached hydrogens (tertiary/aromatic N) is 3. The van der Waals surface area contributed by atoms with Gasteiger partial charge in [-0.2, -0.15) is 0 Å². The highest BCUT2D eigenvalue weighted by molar-refractivity contribution is 7.98. The van der Waals surface area contributed by atoms with Crippen LogP contribution in [0.4, 0.5) is 4.39 Å². The number of nitrogens with one attached hydrogen (secondary N) is 1. The van der Waals surface area contributed by atoms with E-state index in [0.717, 1.165) is 22.4 Å². The summed E-state index contributed by atoms with van der Waals surface area (Å²) in [5.74, 6) is 0.613. The molecular formula is C27H26ClFN4O2S. The van der Waals surface area contributed by atoms with Gasteiger partial charge in [0.2, 0.25) is 5.91 Å². The Morgan fingerprint density at radius 3 is 2.58 bits per heavy atom. The van der Waals surface area contributed by atoms with Crippen LogP contribution >= 0.6 is 23.4 Å². The molecule has 0 spiro atoms. The molecule has 1 atom stereocenters. The van der Waals surface area contributed by atoms with Gasteiger partial charge in [0.1, 0.15) is 12.4 Å². The Morgan fingerprint density at radius 2 is 1.83 bits per heavy atom. The highest BCUT2D eigenvalue weighted by atomic mass is 35.5. The number of ether oxygens (including phenoxy) is 1. The molecule has 9 heteroatoms. The van der Waals surface area contributed by atoms with Crippen LogP contribution in [0.1, 0.15) is 35.5 Å². The van der Waals surface area contributed by atoms with Gasteiger partial charge < -0.3 is 10.1 Å². The summed E-state index contributed by atoms with van der Waals surface area (Å²) in [4.78, 5) is 12.6. The predicted octanol–water partition coefficient (Wildman–Crippen LogP) is 6.05. The summed E-state index contributed by atoms with van der Waals surface area (Å²) in [7, 11) is 0. The lowest BCUT2D eigenvalue weighted by Gasteiger charge is -2.18. The number of carbonyl (C=O) groups is 1. The highest BCUT2D eigenvalue weighted by Gasteiger charge is 2.22. The van der Waals surface area contributed by atoms with Gasteiger partial charge in [-0.05, 0) is 54.8 Å². The van der Waals surface area contributed by atoms with E-state index in [0.29, 0.717) is 28.4 Å². The predicted molar refractivity (Wildman–Crippen MR) is 140 cm³/mol. The standard InChI is InChI=1S/C27H26ClFN4O2S/c1-18-8-11-22(28)14-24(18)33-26(31-32-27(33)36-17-21-9-12-23(29)13-10-21)19(2)30-25(34)16-35-15-20-6-4-3-5-7-20/h3-14,19H,15-17H2,1-2H3,(H,30,34). The zero-order chi connectivity index (χ0) is 25.5. The van der Waals surface area contributed by atoms with E-state index in [2.05, 4.69) is 15.5 Å². The SMILES string of the molecule is Cc1ccc(Cl)cc1-n1c(SCc2ccc(F)cc2)nnc1C(C)NC(=O)COCc1ccccc1. The van der Waals surface area contributed by atoms with Crippen LogP contribution in [0.2, 0.25) is 5.02 Å². The lowest BCUT2D eigenvalue weighted by Crippen LogP contribution is -2.31. The van der Waals surface area contributed by atoms with Crippen molar-refractivity contribution in [2.24, 2.45) is 0 Å². The number of thioether (sulfide) groups is 1. The Hall–Kier alpha value is -3.20. The van der Waals surface area contributed by atoms with Gasteiger partial charge in [-0.25, -0.2) is 4.39 Å². The molecule has 0 fully saturated rings. The first-order chi connectivity index (χ1) is 17.4. The first-order valence-corrected chi connectivity index (χ1v) is 12.8. The van der Waals surface area contributed by atoms with Crippen molar-refractivity contribution in [3.8, 4) is 5.69 Å². The Labute approximate surface area is 218 Å². The van der Waals surface area contributed by atoms with E-state index >= 15 is 0 Å². The maximum atomic E-state index is 13.3. The van der Waals surface area contributed by atoms with Crippen molar-refractivity contribution in [2.45, 2.75) is 37.4 Å². The minimum atomic E-state index is -0.441. The fraction of sp³-hybridized carbons (Fsp3) is 0.222. The van der Waals surface area contributed by atoms with Gasteiger partial charge in [-0.1, -0.05) is 71.9 Å². The maximum absolute atomic E-state index is 13.3. The minimum absolute atomic E-state index is 0.0737. The molecule has 1 unspecified atom stereocenters. The van der Waals surface area contributed by atoms with E-state index in [1.807, 2.05) is 66.9 Å². The average Bonchev–Trinajstić information content (AvgIpc) is 3.30. The second-order valence-electron chi connectivity index (χ2n) is 8.29. The summed E-state index contributed by atoms with van der Waals surface area (Å²) >= 11 is 7.79. The maximum Gasteiger partial charge on any atom is 0.246 e. The molecule has 1 N–H and O–H groups in total. The number of amides is 1. The molecule has 1 aromatic heterocycles. The Bertz CT molecular complexity index is 1320. The van der Waals surface area contributed by atoms with Crippen molar-refractivity contribution in [3.63, 3.8) is 0 Å². The molecule has 1 amide bonds. The summed E-state index contributed by atoms with van der Waals surface area (Å²) in [6.07, 6.45) is 0. The molecule has 4 aromatic rings. The van der Waals surface area contributed by atoms with E-state index in [1.165, 1.54) is 23.9 Å². The quantitative estimate of drug-likeness (QED) is 0.256. The van der Waals surface area contributed by atoms with E-state index < -0.39 is 6.04 Å². The highest BCUT2D eigenvalue weighted by Crippen LogP contribution is 2.30. The summed E-state index contributed by atoms with van der Waals surface area (Å²) in [5.41, 5.74) is 3.76. The lowest BCUT2D eigenvalue weighted by molar-refractivity contribution is -0.126. The Balaban J connectivity index is 1.51. The average molecular weight is 525 g/mol. The third kappa shape index (κ3) is 6.72. The number of hydrogen-bond donors (Lipinski definition) is 1. The molecule has 186 valence electrons. The molecule has 6 nitrogen and oxygen atoms in total. The van der Waals surface area contributed by atoms with Crippen molar-refractivity contribution in [3.05, 3.63) is 106 Å². The molecule has 1 heterocycles. The van der Waals surface area contributed by atoms with E-state index in [4.69, 9.17) is 16.3 Å². The number of aryl methyl sites for hydroxylation is 1. The number of carbonyl (C=O) groups excluding carboxylic acids is 1. The van der Waals surface area contributed by atoms with Crippen molar-refractivity contribution in [1.82, 2.24) is 20.1 Å². The molecule has 4 rings (SSSR count). The van der Waals surface area contributed by atoms with Gasteiger partial charge >= 0.3 is 0 Å². The van der Waals surface area contributed by atoms with Gasteiger partial charge in [-0.3, -0.25) is 9.36 Å². The molecule has 0 saturated heterocycles. The summed E-state index contributed by atoms with van der Waals surface area (Å²) in [5, 5.41) is 13.0. The van der Waals surface area contributed by atoms with Crippen molar-refractivity contribution in [1.29, 1.82) is 0 Å². The number of hydrogen-bond acceptors (Lipinski definition) is 5. The van der Waals surface area contributed by atoms with Gasteiger partial charge in [0.15, 0.2) is 11.0 Å². The van der Waals surface area contributed by atoms with Crippen LogP contribution in [0, 0.1) is 12.7 Å². The molecule has 36 heavy (non-hydrogen) atoms. The summed E-state index contributed by atoms with van der Waals surface area (Å²) < 4.78 is 20.8. The zero-order valence-corrected chi connectivity index (χ0v) is 21.5. The van der Waals surface area contributed by atoms with Crippen LogP contribution in [0.5, 0.6) is 0 Å². The molecule has 0 bridgehead atoms.